The molecular weight excluding hydrogens is 344 g/mol. The third-order valence-electron chi connectivity index (χ3n) is 3.62. The van der Waals surface area contributed by atoms with Crippen molar-refractivity contribution in [2.75, 3.05) is 17.4 Å². The van der Waals surface area contributed by atoms with Crippen LogP contribution < -0.4 is 20.1 Å². The number of nitrogens with one attached hydrogen (secondary N) is 3. The fourth-order valence-corrected chi connectivity index (χ4v) is 2.61. The van der Waals surface area contributed by atoms with Crippen LogP contribution in [-0.4, -0.2) is 22.9 Å². The molecule has 8 heteroatoms. The predicted molar refractivity (Wildman–Crippen MR) is 93.8 cm³/mol. The Kier molecular flexibility index (Phi) is 3.91. The highest BCUT2D eigenvalue weighted by molar-refractivity contribution is 6.30. The highest BCUT2D eigenvalue weighted by atomic mass is 35.5. The van der Waals surface area contributed by atoms with E-state index in [1.54, 1.807) is 36.5 Å². The van der Waals surface area contributed by atoms with Crippen LogP contribution in [0.15, 0.2) is 48.7 Å². The molecule has 0 spiro atoms. The summed E-state index contributed by atoms with van der Waals surface area (Å²) in [5, 5.41) is 13.3. The van der Waals surface area contributed by atoms with Crippen molar-refractivity contribution in [2.45, 2.75) is 0 Å². The number of aromatic amines is 1. The van der Waals surface area contributed by atoms with Crippen molar-refractivity contribution >= 4 is 34.7 Å². The number of H-pyrrole nitrogens is 1. The lowest BCUT2D eigenvalue weighted by molar-refractivity contribution is 0.102. The Morgan fingerprint density at radius 2 is 2.04 bits per heavy atom. The quantitative estimate of drug-likeness (QED) is 0.662. The largest absolute Gasteiger partial charge is 0.454 e. The zero-order valence-corrected chi connectivity index (χ0v) is 13.6. The molecule has 0 bridgehead atoms. The number of anilines is 3. The van der Waals surface area contributed by atoms with E-state index in [0.717, 1.165) is 5.69 Å². The molecule has 0 unspecified atom stereocenters. The Balaban J connectivity index is 1.51. The monoisotopic (exact) mass is 356 g/mol. The summed E-state index contributed by atoms with van der Waals surface area (Å²) < 4.78 is 10.5. The van der Waals surface area contributed by atoms with E-state index in [1.165, 1.54) is 0 Å². The Morgan fingerprint density at radius 3 is 2.92 bits per heavy atom. The minimum absolute atomic E-state index is 0.161. The maximum Gasteiger partial charge on any atom is 0.257 e. The highest BCUT2D eigenvalue weighted by Gasteiger charge is 2.17. The Labute approximate surface area is 147 Å². The third kappa shape index (κ3) is 3.22. The number of carbonyl (C=O) groups excluding carboxylic acids is 1. The first-order valence-corrected chi connectivity index (χ1v) is 7.84. The van der Waals surface area contributed by atoms with Gasteiger partial charge in [-0.3, -0.25) is 9.89 Å². The fourth-order valence-electron chi connectivity index (χ4n) is 2.42. The summed E-state index contributed by atoms with van der Waals surface area (Å²) in [5.74, 6) is 1.33. The van der Waals surface area contributed by atoms with Gasteiger partial charge in [-0.15, -0.1) is 0 Å². The maximum absolute atomic E-state index is 12.5. The van der Waals surface area contributed by atoms with Crippen molar-refractivity contribution in [3.63, 3.8) is 0 Å². The van der Waals surface area contributed by atoms with Gasteiger partial charge in [0.1, 0.15) is 5.69 Å². The Morgan fingerprint density at radius 1 is 1.16 bits per heavy atom. The zero-order chi connectivity index (χ0) is 17.2. The first kappa shape index (κ1) is 15.3. The normalized spacial score (nSPS) is 12.0. The van der Waals surface area contributed by atoms with Crippen molar-refractivity contribution < 1.29 is 14.3 Å². The average molecular weight is 357 g/mol. The van der Waals surface area contributed by atoms with Crippen LogP contribution in [0, 0.1) is 0 Å². The average Bonchev–Trinajstić information content (AvgIpc) is 3.23. The first-order chi connectivity index (χ1) is 12.2. The van der Waals surface area contributed by atoms with Gasteiger partial charge in [0.25, 0.3) is 5.91 Å². The van der Waals surface area contributed by atoms with E-state index < -0.39 is 0 Å². The molecule has 0 aliphatic carbocycles. The lowest BCUT2D eigenvalue weighted by atomic mass is 10.2. The molecule has 1 aliphatic rings. The molecule has 0 radical (unpaired) electrons. The number of benzene rings is 2. The zero-order valence-electron chi connectivity index (χ0n) is 12.9. The van der Waals surface area contributed by atoms with Crippen LogP contribution in [0.1, 0.15) is 10.4 Å². The van der Waals surface area contributed by atoms with Crippen molar-refractivity contribution in [3.05, 3.63) is 59.2 Å². The van der Waals surface area contributed by atoms with Gasteiger partial charge < -0.3 is 20.1 Å². The SMILES string of the molecule is O=C(Nc1[nH]ncc1Nc1cccc(Cl)c1)c1ccc2c(c1)OCO2. The smallest absolute Gasteiger partial charge is 0.257 e. The van der Waals surface area contributed by atoms with Gasteiger partial charge in [-0.05, 0) is 36.4 Å². The van der Waals surface area contributed by atoms with Gasteiger partial charge in [0.15, 0.2) is 17.3 Å². The molecule has 0 saturated heterocycles. The number of rotatable bonds is 4. The van der Waals surface area contributed by atoms with Crippen molar-refractivity contribution in [2.24, 2.45) is 0 Å². The second-order valence-corrected chi connectivity index (χ2v) is 5.75. The van der Waals surface area contributed by atoms with Crippen LogP contribution in [0.25, 0.3) is 0 Å². The summed E-state index contributed by atoms with van der Waals surface area (Å²) in [6, 6.07) is 12.3. The van der Waals surface area contributed by atoms with E-state index in [1.807, 2.05) is 12.1 Å². The number of fused-ring (bicyclic) bond motifs is 1. The van der Waals surface area contributed by atoms with Gasteiger partial charge in [-0.1, -0.05) is 17.7 Å². The van der Waals surface area contributed by atoms with Crippen LogP contribution in [0.3, 0.4) is 0 Å². The van der Waals surface area contributed by atoms with Crippen LogP contribution in [-0.2, 0) is 0 Å². The summed E-state index contributed by atoms with van der Waals surface area (Å²) in [6.07, 6.45) is 1.58. The summed E-state index contributed by atoms with van der Waals surface area (Å²) in [5.41, 5.74) is 1.86. The van der Waals surface area contributed by atoms with E-state index in [4.69, 9.17) is 21.1 Å². The maximum atomic E-state index is 12.5. The number of ether oxygens (including phenoxy) is 2. The molecule has 7 nitrogen and oxygen atoms in total. The predicted octanol–water partition coefficient (Wildman–Crippen LogP) is 3.79. The fraction of sp³-hybridized carbons (Fsp3) is 0.0588. The van der Waals surface area contributed by atoms with Gasteiger partial charge >= 0.3 is 0 Å². The summed E-state index contributed by atoms with van der Waals surface area (Å²) in [6.45, 7) is 0.161. The molecule has 2 aromatic carbocycles. The van der Waals surface area contributed by atoms with Gasteiger partial charge in [0.05, 0.1) is 6.20 Å². The van der Waals surface area contributed by atoms with Crippen molar-refractivity contribution in [3.8, 4) is 11.5 Å². The number of hydrogen-bond donors (Lipinski definition) is 3. The van der Waals surface area contributed by atoms with Crippen molar-refractivity contribution in [1.82, 2.24) is 10.2 Å². The van der Waals surface area contributed by atoms with Gasteiger partial charge in [0, 0.05) is 16.3 Å². The molecule has 4 rings (SSSR count). The second kappa shape index (κ2) is 6.37. The van der Waals surface area contributed by atoms with Gasteiger partial charge in [0.2, 0.25) is 6.79 Å². The van der Waals surface area contributed by atoms with E-state index >= 15 is 0 Å². The van der Waals surface area contributed by atoms with Crippen LogP contribution in [0.2, 0.25) is 5.02 Å². The lowest BCUT2D eigenvalue weighted by Crippen LogP contribution is -2.13. The molecule has 25 heavy (non-hydrogen) atoms. The van der Waals surface area contributed by atoms with E-state index in [0.29, 0.717) is 33.6 Å². The third-order valence-corrected chi connectivity index (χ3v) is 3.85. The number of amides is 1. The number of hydrogen-bond acceptors (Lipinski definition) is 5. The molecule has 126 valence electrons. The lowest BCUT2D eigenvalue weighted by Gasteiger charge is -2.09. The molecule has 2 heterocycles. The van der Waals surface area contributed by atoms with Crippen LogP contribution in [0.4, 0.5) is 17.2 Å². The number of halogens is 1. The number of nitrogens with zero attached hydrogens (tertiary/aromatic N) is 1. The van der Waals surface area contributed by atoms with Crippen LogP contribution in [0.5, 0.6) is 11.5 Å². The first-order valence-electron chi connectivity index (χ1n) is 7.46. The van der Waals surface area contributed by atoms with Gasteiger partial charge in [-0.25, -0.2) is 0 Å². The molecule has 1 aromatic heterocycles. The molecule has 1 amide bonds. The molecule has 3 aromatic rings. The molecule has 0 atom stereocenters. The van der Waals surface area contributed by atoms with Gasteiger partial charge in [-0.2, -0.15) is 5.10 Å². The number of carbonyl (C=O) groups is 1. The van der Waals surface area contributed by atoms with E-state index in [2.05, 4.69) is 20.8 Å². The highest BCUT2D eigenvalue weighted by Crippen LogP contribution is 2.33. The molecule has 0 saturated carbocycles. The number of aromatic nitrogens is 2. The molecular formula is C17H13ClN4O3. The second-order valence-electron chi connectivity index (χ2n) is 5.32. The molecule has 1 aliphatic heterocycles. The summed E-state index contributed by atoms with van der Waals surface area (Å²) in [4.78, 5) is 12.5. The Hall–Kier alpha value is -3.19. The molecule has 0 fully saturated rings. The minimum Gasteiger partial charge on any atom is -0.454 e. The standard InChI is InChI=1S/C17H13ClN4O3/c18-11-2-1-3-12(7-11)20-13-8-19-22-16(13)21-17(23)10-4-5-14-15(6-10)25-9-24-14/h1-8,20H,9H2,(H2,19,21,22,23). The molecule has 3 N–H and O–H groups in total. The van der Waals surface area contributed by atoms with Crippen LogP contribution >= 0.6 is 11.6 Å². The Bertz CT molecular complexity index is 941. The van der Waals surface area contributed by atoms with E-state index in [9.17, 15) is 4.79 Å². The van der Waals surface area contributed by atoms with Crippen molar-refractivity contribution in [1.29, 1.82) is 0 Å². The minimum atomic E-state index is -0.295. The topological polar surface area (TPSA) is 88.3 Å². The summed E-state index contributed by atoms with van der Waals surface area (Å²) in [7, 11) is 0. The van der Waals surface area contributed by atoms with E-state index in [-0.39, 0.29) is 12.7 Å². The summed E-state index contributed by atoms with van der Waals surface area (Å²) >= 11 is 5.98.